The van der Waals surface area contributed by atoms with Gasteiger partial charge in [0.25, 0.3) is 0 Å². The minimum absolute atomic E-state index is 0.434. The Morgan fingerprint density at radius 1 is 0.950 bits per heavy atom. The minimum Gasteiger partial charge on any atom is -0.443 e. The molecule has 7 nitrogen and oxygen atoms in total. The maximum atomic E-state index is 12.0. The molecule has 0 aromatic rings. The summed E-state index contributed by atoms with van der Waals surface area (Å²) in [5.74, 6) is 0. The van der Waals surface area contributed by atoms with E-state index in [0.717, 1.165) is 0 Å². The van der Waals surface area contributed by atoms with Crippen LogP contribution in [0.15, 0.2) is 0 Å². The molecule has 0 heterocycles. The highest BCUT2D eigenvalue weighted by Gasteiger charge is 2.34. The molecule has 0 saturated carbocycles. The van der Waals surface area contributed by atoms with E-state index >= 15 is 0 Å². The summed E-state index contributed by atoms with van der Waals surface area (Å²) in [7, 11) is 1.32. The van der Waals surface area contributed by atoms with Crippen molar-refractivity contribution in [2.75, 3.05) is 7.11 Å². The second kappa shape index (κ2) is 6.94. The summed E-state index contributed by atoms with van der Waals surface area (Å²) < 4.78 is 14.8. The molecule has 0 aliphatic carbocycles. The van der Waals surface area contributed by atoms with Gasteiger partial charge in [-0.3, -0.25) is 5.41 Å². The van der Waals surface area contributed by atoms with E-state index in [2.05, 4.69) is 4.18 Å². The lowest BCUT2D eigenvalue weighted by Crippen LogP contribution is -2.45. The molecule has 0 aliphatic heterocycles. The lowest BCUT2D eigenvalue weighted by atomic mass is 10.2. The lowest BCUT2D eigenvalue weighted by Gasteiger charge is -2.27. The quantitative estimate of drug-likeness (QED) is 0.454. The third kappa shape index (κ3) is 7.34. The Bertz CT molecular complexity index is 356. The SMILES string of the molecule is COSC(=N)N(C(=O)OC(C)(C)C)C(=O)OC(C)(C)C. The average Bonchev–Trinajstić information content (AvgIpc) is 2.11. The monoisotopic (exact) mass is 306 g/mol. The van der Waals surface area contributed by atoms with Gasteiger partial charge in [0.2, 0.25) is 5.17 Å². The number of hydrogen-bond donors (Lipinski definition) is 1. The molecule has 0 spiro atoms. The predicted octanol–water partition coefficient (Wildman–Crippen LogP) is 3.39. The second-order valence-electron chi connectivity index (χ2n) is 5.85. The molecule has 0 rings (SSSR count). The summed E-state index contributed by atoms with van der Waals surface area (Å²) in [5, 5.41) is 7.25. The highest BCUT2D eigenvalue weighted by Crippen LogP contribution is 2.18. The van der Waals surface area contributed by atoms with Crippen LogP contribution in [0, 0.1) is 5.41 Å². The van der Waals surface area contributed by atoms with Crippen molar-refractivity contribution in [3.05, 3.63) is 0 Å². The van der Waals surface area contributed by atoms with Gasteiger partial charge in [-0.15, -0.1) is 0 Å². The number of amides is 2. The summed E-state index contributed by atoms with van der Waals surface area (Å²) in [6.07, 6.45) is -1.97. The fraction of sp³-hybridized carbons (Fsp3) is 0.750. The Kier molecular flexibility index (Phi) is 6.49. The van der Waals surface area contributed by atoms with Gasteiger partial charge >= 0.3 is 12.2 Å². The molecule has 0 unspecified atom stereocenters. The summed E-state index contributed by atoms with van der Waals surface area (Å²) in [6.45, 7) is 9.95. The van der Waals surface area contributed by atoms with E-state index in [1.54, 1.807) is 41.5 Å². The van der Waals surface area contributed by atoms with Crippen molar-refractivity contribution in [1.82, 2.24) is 4.90 Å². The van der Waals surface area contributed by atoms with E-state index in [-0.39, 0.29) is 0 Å². The maximum absolute atomic E-state index is 12.0. The third-order valence-electron chi connectivity index (χ3n) is 1.52. The van der Waals surface area contributed by atoms with Gasteiger partial charge in [0.1, 0.15) is 11.2 Å². The topological polar surface area (TPSA) is 88.9 Å². The smallest absolute Gasteiger partial charge is 0.426 e. The molecule has 1 N–H and O–H groups in total. The summed E-state index contributed by atoms with van der Waals surface area (Å²) in [5.41, 5.74) is -1.59. The van der Waals surface area contributed by atoms with Crippen LogP contribution >= 0.6 is 12.0 Å². The first kappa shape index (κ1) is 18.7. The molecule has 0 atom stereocenters. The number of nitrogens with zero attached hydrogens (tertiary/aromatic N) is 1. The molecular formula is C12H22N2O5S. The Morgan fingerprint density at radius 2 is 1.30 bits per heavy atom. The maximum Gasteiger partial charge on any atom is 0.426 e. The standard InChI is InChI=1S/C12H22N2O5S/c1-11(2,3)18-9(15)14(8(13)20-17-7)10(16)19-12(4,5)6/h13H,1-7H3. The zero-order valence-electron chi connectivity index (χ0n) is 12.9. The fourth-order valence-corrected chi connectivity index (χ4v) is 1.35. The molecular weight excluding hydrogens is 284 g/mol. The Balaban J connectivity index is 5.13. The van der Waals surface area contributed by atoms with Crippen LogP contribution in [-0.2, 0) is 13.7 Å². The molecule has 0 aliphatic rings. The zero-order chi connectivity index (χ0) is 16.1. The zero-order valence-corrected chi connectivity index (χ0v) is 13.7. The normalized spacial score (nSPS) is 11.8. The van der Waals surface area contributed by atoms with E-state index in [1.165, 1.54) is 7.11 Å². The summed E-state index contributed by atoms with van der Waals surface area (Å²) in [4.78, 5) is 24.5. The molecule has 0 fully saturated rings. The second-order valence-corrected chi connectivity index (χ2v) is 6.74. The van der Waals surface area contributed by atoms with Gasteiger partial charge in [0.15, 0.2) is 0 Å². The molecule has 0 radical (unpaired) electrons. The highest BCUT2D eigenvalue weighted by molar-refractivity contribution is 8.09. The molecule has 0 bridgehead atoms. The van der Waals surface area contributed by atoms with Gasteiger partial charge in [-0.2, -0.15) is 4.90 Å². The van der Waals surface area contributed by atoms with Crippen LogP contribution in [0.2, 0.25) is 0 Å². The molecule has 20 heavy (non-hydrogen) atoms. The number of amidine groups is 1. The van der Waals surface area contributed by atoms with Crippen LogP contribution in [0.3, 0.4) is 0 Å². The number of ether oxygens (including phenoxy) is 2. The number of hydrogen-bond acceptors (Lipinski definition) is 7. The molecule has 0 aromatic heterocycles. The van der Waals surface area contributed by atoms with Crippen molar-refractivity contribution < 1.29 is 23.2 Å². The minimum atomic E-state index is -0.985. The van der Waals surface area contributed by atoms with Crippen molar-refractivity contribution in [2.45, 2.75) is 52.7 Å². The van der Waals surface area contributed by atoms with Crippen LogP contribution < -0.4 is 0 Å². The first-order valence-electron chi connectivity index (χ1n) is 5.92. The Morgan fingerprint density at radius 3 is 1.55 bits per heavy atom. The van der Waals surface area contributed by atoms with Crippen molar-refractivity contribution in [2.24, 2.45) is 0 Å². The van der Waals surface area contributed by atoms with E-state index < -0.39 is 28.6 Å². The van der Waals surface area contributed by atoms with Crippen LogP contribution in [0.5, 0.6) is 0 Å². The van der Waals surface area contributed by atoms with Crippen LogP contribution in [0.25, 0.3) is 0 Å². The number of carbonyl (C=O) groups is 2. The fourth-order valence-electron chi connectivity index (χ4n) is 0.972. The molecule has 2 amide bonds. The van der Waals surface area contributed by atoms with Gasteiger partial charge in [-0.25, -0.2) is 9.59 Å². The summed E-state index contributed by atoms with van der Waals surface area (Å²) >= 11 is 0.556. The first-order chi connectivity index (χ1) is 8.87. The molecule has 0 aromatic carbocycles. The van der Waals surface area contributed by atoms with E-state index in [4.69, 9.17) is 14.9 Å². The molecule has 116 valence electrons. The van der Waals surface area contributed by atoms with Crippen LogP contribution in [-0.4, -0.2) is 40.6 Å². The van der Waals surface area contributed by atoms with Crippen LogP contribution in [0.4, 0.5) is 9.59 Å². The van der Waals surface area contributed by atoms with E-state index in [9.17, 15) is 9.59 Å². The van der Waals surface area contributed by atoms with E-state index in [1.807, 2.05) is 0 Å². The van der Waals surface area contributed by atoms with Crippen molar-refractivity contribution in [3.8, 4) is 0 Å². The molecule has 8 heteroatoms. The number of nitrogens with one attached hydrogen (secondary N) is 1. The van der Waals surface area contributed by atoms with Crippen molar-refractivity contribution in [1.29, 1.82) is 5.41 Å². The first-order valence-corrected chi connectivity index (χ1v) is 6.67. The average molecular weight is 306 g/mol. The number of rotatable bonds is 1. The summed E-state index contributed by atoms with van der Waals surface area (Å²) in [6, 6.07) is 0. The van der Waals surface area contributed by atoms with Crippen molar-refractivity contribution in [3.63, 3.8) is 0 Å². The van der Waals surface area contributed by atoms with Gasteiger partial charge in [-0.05, 0) is 41.5 Å². The lowest BCUT2D eigenvalue weighted by molar-refractivity contribution is 0.0151. The van der Waals surface area contributed by atoms with Gasteiger partial charge in [0.05, 0.1) is 19.2 Å². The van der Waals surface area contributed by atoms with Crippen molar-refractivity contribution >= 4 is 29.4 Å². The van der Waals surface area contributed by atoms with E-state index in [0.29, 0.717) is 16.9 Å². The molecule has 0 saturated heterocycles. The third-order valence-corrected chi connectivity index (χ3v) is 2.02. The number of imide groups is 1. The highest BCUT2D eigenvalue weighted by atomic mass is 32.2. The number of carbonyl (C=O) groups excluding carboxylic acids is 2. The largest absolute Gasteiger partial charge is 0.443 e. The van der Waals surface area contributed by atoms with Gasteiger partial charge in [0, 0.05) is 0 Å². The Labute approximate surface area is 123 Å². The van der Waals surface area contributed by atoms with Crippen LogP contribution in [0.1, 0.15) is 41.5 Å². The predicted molar refractivity (Wildman–Crippen MR) is 76.6 cm³/mol. The van der Waals surface area contributed by atoms with Gasteiger partial charge in [-0.1, -0.05) is 0 Å². The van der Waals surface area contributed by atoms with Gasteiger partial charge < -0.3 is 13.7 Å². The Hall–Kier alpha value is -1.28.